The summed E-state index contributed by atoms with van der Waals surface area (Å²) < 4.78 is 1.87. The molecule has 140 valence electrons. The van der Waals surface area contributed by atoms with Crippen LogP contribution in [0, 0.1) is 13.8 Å². The number of hydrogen-bond acceptors (Lipinski definition) is 4. The van der Waals surface area contributed by atoms with Crippen molar-refractivity contribution in [2.75, 3.05) is 13.1 Å². The van der Waals surface area contributed by atoms with E-state index in [9.17, 15) is 19.2 Å². The first-order valence-corrected chi connectivity index (χ1v) is 8.79. The third-order valence-corrected chi connectivity index (χ3v) is 4.79. The van der Waals surface area contributed by atoms with E-state index in [2.05, 4.69) is 0 Å². The van der Waals surface area contributed by atoms with Gasteiger partial charge in [0.15, 0.2) is 5.78 Å². The van der Waals surface area contributed by atoms with Gasteiger partial charge in [-0.2, -0.15) is 0 Å². The Morgan fingerprint density at radius 1 is 1.04 bits per heavy atom. The zero-order valence-corrected chi connectivity index (χ0v) is 15.9. The number of carbonyl (C=O) groups excluding carboxylic acids is 4. The molecular formula is C19H18ClN3O4. The molecule has 0 radical (unpaired) electrons. The van der Waals surface area contributed by atoms with Gasteiger partial charge in [-0.15, -0.1) is 0 Å². The number of amides is 4. The van der Waals surface area contributed by atoms with E-state index in [1.807, 2.05) is 23.6 Å². The summed E-state index contributed by atoms with van der Waals surface area (Å²) >= 11 is 6.06. The number of ketones is 1. The molecule has 4 amide bonds. The molecule has 1 aromatic carbocycles. The molecule has 1 aliphatic heterocycles. The predicted octanol–water partition coefficient (Wildman–Crippen LogP) is 2.74. The summed E-state index contributed by atoms with van der Waals surface area (Å²) in [5, 5.41) is 0.569. The summed E-state index contributed by atoms with van der Waals surface area (Å²) in [7, 11) is 0. The first-order chi connectivity index (χ1) is 12.8. The molecule has 0 saturated carbocycles. The van der Waals surface area contributed by atoms with Gasteiger partial charge in [-0.1, -0.05) is 17.7 Å². The summed E-state index contributed by atoms with van der Waals surface area (Å²) in [6.45, 7) is 4.82. The lowest BCUT2D eigenvalue weighted by Crippen LogP contribution is -2.37. The van der Waals surface area contributed by atoms with E-state index in [0.29, 0.717) is 21.2 Å². The minimum Gasteiger partial charge on any atom is -0.318 e. The molecule has 0 N–H and O–H groups in total. The van der Waals surface area contributed by atoms with Crippen molar-refractivity contribution >= 4 is 35.2 Å². The molecule has 1 fully saturated rings. The van der Waals surface area contributed by atoms with Gasteiger partial charge in [0.25, 0.3) is 0 Å². The average molecular weight is 388 g/mol. The van der Waals surface area contributed by atoms with Crippen LogP contribution in [-0.4, -0.2) is 51.1 Å². The van der Waals surface area contributed by atoms with Gasteiger partial charge >= 0.3 is 17.8 Å². The van der Waals surface area contributed by atoms with Gasteiger partial charge in [0.2, 0.25) is 0 Å². The highest BCUT2D eigenvalue weighted by atomic mass is 35.5. The van der Waals surface area contributed by atoms with Crippen LogP contribution < -0.4 is 0 Å². The number of hydrogen-bond donors (Lipinski definition) is 0. The first-order valence-electron chi connectivity index (χ1n) is 8.41. The van der Waals surface area contributed by atoms with E-state index < -0.39 is 30.2 Å². The van der Waals surface area contributed by atoms with Crippen LogP contribution in [0.4, 0.5) is 4.79 Å². The van der Waals surface area contributed by atoms with Crippen LogP contribution >= 0.6 is 11.6 Å². The third-order valence-electron chi connectivity index (χ3n) is 4.55. The Hall–Kier alpha value is -2.93. The van der Waals surface area contributed by atoms with Crippen molar-refractivity contribution in [3.8, 4) is 5.69 Å². The summed E-state index contributed by atoms with van der Waals surface area (Å²) in [6, 6.07) is 8.15. The third kappa shape index (κ3) is 3.14. The molecule has 2 heterocycles. The Balaban J connectivity index is 1.91. The second-order valence-electron chi connectivity index (χ2n) is 6.25. The number of aromatic nitrogens is 1. The van der Waals surface area contributed by atoms with Gasteiger partial charge in [0.05, 0.1) is 6.54 Å². The summed E-state index contributed by atoms with van der Waals surface area (Å²) in [6.07, 6.45) is 0. The van der Waals surface area contributed by atoms with Gasteiger partial charge in [0, 0.05) is 34.2 Å². The van der Waals surface area contributed by atoms with Crippen LogP contribution in [-0.2, 0) is 9.59 Å². The monoisotopic (exact) mass is 387 g/mol. The number of nitrogens with zero attached hydrogens (tertiary/aromatic N) is 3. The first kappa shape index (κ1) is 18.8. The predicted molar refractivity (Wildman–Crippen MR) is 99.1 cm³/mol. The maximum atomic E-state index is 12.8. The number of aryl methyl sites for hydroxylation is 1. The van der Waals surface area contributed by atoms with E-state index in [4.69, 9.17) is 11.6 Å². The maximum absolute atomic E-state index is 12.8. The van der Waals surface area contributed by atoms with Gasteiger partial charge in [-0.05, 0) is 45.0 Å². The molecule has 2 aromatic rings. The van der Waals surface area contributed by atoms with Gasteiger partial charge in [0.1, 0.15) is 0 Å². The van der Waals surface area contributed by atoms with Crippen LogP contribution in [0.1, 0.15) is 28.7 Å². The zero-order valence-electron chi connectivity index (χ0n) is 15.2. The highest BCUT2D eigenvalue weighted by Crippen LogP contribution is 2.24. The number of carbonyl (C=O) groups is 4. The molecule has 0 atom stereocenters. The molecule has 0 aliphatic carbocycles. The lowest BCUT2D eigenvalue weighted by atomic mass is 10.1. The van der Waals surface area contributed by atoms with Crippen LogP contribution in [0.5, 0.6) is 0 Å². The van der Waals surface area contributed by atoms with Gasteiger partial charge in [-0.25, -0.2) is 9.69 Å². The highest BCUT2D eigenvalue weighted by molar-refractivity contribution is 6.45. The van der Waals surface area contributed by atoms with Crippen LogP contribution in [0.2, 0.25) is 5.02 Å². The van der Waals surface area contributed by atoms with Crippen molar-refractivity contribution in [2.45, 2.75) is 20.8 Å². The highest BCUT2D eigenvalue weighted by Gasteiger charge is 2.44. The number of likely N-dealkylation sites (N-methyl/N-ethyl adjacent to an activating group) is 1. The fourth-order valence-corrected chi connectivity index (χ4v) is 3.44. The Morgan fingerprint density at radius 2 is 1.70 bits per heavy atom. The van der Waals surface area contributed by atoms with Crippen molar-refractivity contribution < 1.29 is 19.2 Å². The summed E-state index contributed by atoms with van der Waals surface area (Å²) in [5.74, 6) is -2.29. The number of imide groups is 2. The topological polar surface area (TPSA) is 79.7 Å². The molecule has 1 aromatic heterocycles. The van der Waals surface area contributed by atoms with Crippen molar-refractivity contribution in [3.05, 3.63) is 52.3 Å². The average Bonchev–Trinajstić information content (AvgIpc) is 3.03. The minimum atomic E-state index is -0.973. The number of Topliss-reactive ketones (excluding diaryl/α,β-unsaturated/α-hetero) is 1. The van der Waals surface area contributed by atoms with Crippen LogP contribution in [0.3, 0.4) is 0 Å². The minimum absolute atomic E-state index is 0.0807. The molecule has 0 unspecified atom stereocenters. The Labute approximate surface area is 161 Å². The molecule has 27 heavy (non-hydrogen) atoms. The largest absolute Gasteiger partial charge is 0.334 e. The molecule has 8 heteroatoms. The van der Waals surface area contributed by atoms with E-state index in [1.165, 1.54) is 0 Å². The number of urea groups is 1. The molecule has 0 bridgehead atoms. The fraction of sp³-hybridized carbons (Fsp3) is 0.263. The fourth-order valence-electron chi connectivity index (χ4n) is 3.26. The second kappa shape index (κ2) is 7.00. The van der Waals surface area contributed by atoms with Gasteiger partial charge in [-0.3, -0.25) is 19.3 Å². The Bertz CT molecular complexity index is 979. The summed E-state index contributed by atoms with van der Waals surface area (Å²) in [4.78, 5) is 50.3. The zero-order chi connectivity index (χ0) is 19.9. The van der Waals surface area contributed by atoms with Crippen molar-refractivity contribution in [1.82, 2.24) is 14.4 Å². The number of halogens is 1. The molecule has 0 spiro atoms. The standard InChI is InChI=1S/C19H18ClN3O4/c1-4-21-17(25)18(26)22(19(21)27)10-16(24)15-8-11(2)23(12(15)3)14-7-5-6-13(20)9-14/h5-9H,4,10H2,1-3H3. The molecule has 3 rings (SSSR count). The Morgan fingerprint density at radius 3 is 2.30 bits per heavy atom. The van der Waals surface area contributed by atoms with E-state index in [0.717, 1.165) is 16.3 Å². The second-order valence-corrected chi connectivity index (χ2v) is 6.68. The number of rotatable bonds is 5. The van der Waals surface area contributed by atoms with E-state index >= 15 is 0 Å². The normalized spacial score (nSPS) is 14.4. The van der Waals surface area contributed by atoms with Crippen LogP contribution in [0.25, 0.3) is 5.69 Å². The summed E-state index contributed by atoms with van der Waals surface area (Å²) in [5.41, 5.74) is 2.66. The van der Waals surface area contributed by atoms with Crippen molar-refractivity contribution in [3.63, 3.8) is 0 Å². The van der Waals surface area contributed by atoms with E-state index in [1.54, 1.807) is 32.0 Å². The van der Waals surface area contributed by atoms with E-state index in [-0.39, 0.29) is 6.54 Å². The smallest absolute Gasteiger partial charge is 0.318 e. The van der Waals surface area contributed by atoms with Crippen molar-refractivity contribution in [2.24, 2.45) is 0 Å². The maximum Gasteiger partial charge on any atom is 0.334 e. The molecule has 1 saturated heterocycles. The number of benzene rings is 1. The van der Waals surface area contributed by atoms with Crippen molar-refractivity contribution in [1.29, 1.82) is 0 Å². The quantitative estimate of drug-likeness (QED) is 0.449. The van der Waals surface area contributed by atoms with Gasteiger partial charge < -0.3 is 4.57 Å². The Kier molecular flexibility index (Phi) is 4.89. The molecular weight excluding hydrogens is 370 g/mol. The lowest BCUT2D eigenvalue weighted by Gasteiger charge is -2.14. The molecule has 7 nitrogen and oxygen atoms in total. The molecule has 1 aliphatic rings. The van der Waals surface area contributed by atoms with Crippen LogP contribution in [0.15, 0.2) is 30.3 Å². The lowest BCUT2D eigenvalue weighted by molar-refractivity contribution is -0.143. The SMILES string of the molecule is CCN1C(=O)C(=O)N(CC(=O)c2cc(C)n(-c3cccc(Cl)c3)c2C)C1=O.